The summed E-state index contributed by atoms with van der Waals surface area (Å²) < 4.78 is 5.88. The van der Waals surface area contributed by atoms with Crippen LogP contribution in [0.5, 0.6) is 0 Å². The first-order valence-electron chi connectivity index (χ1n) is 11.7. The monoisotopic (exact) mass is 394 g/mol. The lowest BCUT2D eigenvalue weighted by Gasteiger charge is -2.56. The molecule has 1 unspecified atom stereocenters. The summed E-state index contributed by atoms with van der Waals surface area (Å²) in [4.78, 5) is 2.77. The fourth-order valence-corrected chi connectivity index (χ4v) is 6.36. The maximum Gasteiger partial charge on any atom is 0.170 e. The molecule has 3 nitrogen and oxygen atoms in total. The summed E-state index contributed by atoms with van der Waals surface area (Å²) in [7, 11) is 0. The van der Waals surface area contributed by atoms with Crippen LogP contribution in [0, 0.1) is 16.7 Å². The van der Waals surface area contributed by atoms with E-state index >= 15 is 0 Å². The van der Waals surface area contributed by atoms with Gasteiger partial charge in [-0.05, 0) is 66.9 Å². The molecule has 0 N–H and O–H groups in total. The van der Waals surface area contributed by atoms with Gasteiger partial charge in [0, 0.05) is 35.5 Å². The van der Waals surface area contributed by atoms with Crippen LogP contribution in [0.2, 0.25) is 0 Å². The van der Waals surface area contributed by atoms with Crippen LogP contribution < -0.4 is 0 Å². The number of benzene rings is 1. The van der Waals surface area contributed by atoms with Gasteiger partial charge in [0.15, 0.2) is 5.58 Å². The van der Waals surface area contributed by atoms with Crippen molar-refractivity contribution in [2.75, 3.05) is 13.1 Å². The number of rotatable bonds is 1. The van der Waals surface area contributed by atoms with E-state index < -0.39 is 0 Å². The highest BCUT2D eigenvalue weighted by molar-refractivity contribution is 5.85. The zero-order valence-corrected chi connectivity index (χ0v) is 19.3. The molecule has 1 spiro atoms. The van der Waals surface area contributed by atoms with E-state index in [1.807, 2.05) is 0 Å². The van der Waals surface area contributed by atoms with Crippen molar-refractivity contribution in [1.29, 1.82) is 0 Å². The predicted octanol–water partition coefficient (Wildman–Crippen LogP) is 6.13. The van der Waals surface area contributed by atoms with Gasteiger partial charge in [0.25, 0.3) is 0 Å². The first kappa shape index (κ1) is 19.6. The van der Waals surface area contributed by atoms with Crippen molar-refractivity contribution in [3.05, 3.63) is 29.0 Å². The Morgan fingerprint density at radius 1 is 1.00 bits per heavy atom. The lowest BCUT2D eigenvalue weighted by molar-refractivity contribution is -0.0695. The average Bonchev–Trinajstić information content (AvgIpc) is 3.21. The molecule has 1 atom stereocenters. The van der Waals surface area contributed by atoms with Crippen LogP contribution in [0.4, 0.5) is 0 Å². The Morgan fingerprint density at radius 3 is 2.31 bits per heavy atom. The third-order valence-electron chi connectivity index (χ3n) is 8.31. The minimum atomic E-state index is 0.0211. The van der Waals surface area contributed by atoms with Crippen molar-refractivity contribution < 1.29 is 4.52 Å². The molecule has 0 radical (unpaired) electrons. The normalized spacial score (nSPS) is 25.5. The van der Waals surface area contributed by atoms with E-state index in [4.69, 9.17) is 4.52 Å². The molecule has 1 saturated carbocycles. The minimum absolute atomic E-state index is 0.0211. The molecule has 0 amide bonds. The van der Waals surface area contributed by atoms with Gasteiger partial charge in [0.2, 0.25) is 0 Å². The van der Waals surface area contributed by atoms with Crippen LogP contribution in [0.3, 0.4) is 0 Å². The van der Waals surface area contributed by atoms with Gasteiger partial charge in [-0.1, -0.05) is 52.8 Å². The van der Waals surface area contributed by atoms with Crippen molar-refractivity contribution in [1.82, 2.24) is 10.1 Å². The molecule has 2 fully saturated rings. The van der Waals surface area contributed by atoms with E-state index in [0.717, 1.165) is 23.6 Å². The quantitative estimate of drug-likeness (QED) is 0.582. The standard InChI is InChI=1S/C26H38N2O/c1-24(2,3)18-9-11-26(12-10-18)15-28(16-26)19-13-17-7-8-20-22(21(17)14-19)29-27-23(20)25(4,5)6/h7-8,18-19H,9-16H2,1-6H3. The summed E-state index contributed by atoms with van der Waals surface area (Å²) in [6.45, 7) is 16.6. The van der Waals surface area contributed by atoms with E-state index in [1.165, 1.54) is 61.7 Å². The molecule has 2 heterocycles. The molecule has 3 heteroatoms. The smallest absolute Gasteiger partial charge is 0.170 e. The highest BCUT2D eigenvalue weighted by atomic mass is 16.5. The van der Waals surface area contributed by atoms with Crippen molar-refractivity contribution in [2.24, 2.45) is 16.7 Å². The Kier molecular flexibility index (Phi) is 4.28. The Hall–Kier alpha value is -1.35. The highest BCUT2D eigenvalue weighted by Crippen LogP contribution is 2.51. The maximum atomic E-state index is 5.88. The maximum absolute atomic E-state index is 5.88. The predicted molar refractivity (Wildman–Crippen MR) is 119 cm³/mol. The molecule has 2 aliphatic carbocycles. The second kappa shape index (κ2) is 6.33. The third-order valence-corrected chi connectivity index (χ3v) is 8.31. The number of aromatic nitrogens is 1. The third kappa shape index (κ3) is 3.24. The Bertz CT molecular complexity index is 911. The molecule has 5 rings (SSSR count). The summed E-state index contributed by atoms with van der Waals surface area (Å²) in [6.07, 6.45) is 8.04. The summed E-state index contributed by atoms with van der Waals surface area (Å²) >= 11 is 0. The van der Waals surface area contributed by atoms with E-state index in [9.17, 15) is 0 Å². The fourth-order valence-electron chi connectivity index (χ4n) is 6.36. The molecule has 1 aromatic carbocycles. The SMILES string of the molecule is CC(C)(C)c1noc2c3c(ccc12)CC(N1CC2(CCC(C(C)(C)C)CC2)C1)C3. The van der Waals surface area contributed by atoms with Crippen LogP contribution in [0.1, 0.15) is 84.0 Å². The average molecular weight is 395 g/mol. The largest absolute Gasteiger partial charge is 0.356 e. The molecule has 1 aromatic heterocycles. The highest BCUT2D eigenvalue weighted by Gasteiger charge is 2.49. The van der Waals surface area contributed by atoms with E-state index in [-0.39, 0.29) is 5.41 Å². The molecule has 1 saturated heterocycles. The van der Waals surface area contributed by atoms with Crippen LogP contribution in [0.15, 0.2) is 16.7 Å². The first-order chi connectivity index (χ1) is 13.6. The van der Waals surface area contributed by atoms with Gasteiger partial charge in [0.1, 0.15) is 0 Å². The topological polar surface area (TPSA) is 29.3 Å². The molecular formula is C26H38N2O. The van der Waals surface area contributed by atoms with Crippen LogP contribution in [0.25, 0.3) is 11.0 Å². The zero-order chi connectivity index (χ0) is 20.6. The molecule has 1 aliphatic heterocycles. The lowest BCUT2D eigenvalue weighted by atomic mass is 9.61. The fraction of sp³-hybridized carbons (Fsp3) is 0.731. The van der Waals surface area contributed by atoms with Gasteiger partial charge in [-0.3, -0.25) is 4.90 Å². The lowest BCUT2D eigenvalue weighted by Crippen LogP contribution is -2.61. The van der Waals surface area contributed by atoms with Crippen LogP contribution in [-0.2, 0) is 18.3 Å². The molecule has 158 valence electrons. The zero-order valence-electron chi connectivity index (χ0n) is 19.3. The van der Waals surface area contributed by atoms with E-state index in [1.54, 1.807) is 0 Å². The van der Waals surface area contributed by atoms with Gasteiger partial charge in [-0.2, -0.15) is 0 Å². The van der Waals surface area contributed by atoms with Gasteiger partial charge < -0.3 is 4.52 Å². The van der Waals surface area contributed by atoms with Crippen molar-refractivity contribution in [3.8, 4) is 0 Å². The molecule has 3 aliphatic rings. The summed E-state index contributed by atoms with van der Waals surface area (Å²) in [5, 5.41) is 5.67. The van der Waals surface area contributed by atoms with Crippen LogP contribution in [-0.4, -0.2) is 29.2 Å². The minimum Gasteiger partial charge on any atom is -0.356 e. The Morgan fingerprint density at radius 2 is 1.69 bits per heavy atom. The number of likely N-dealkylation sites (tertiary alicyclic amines) is 1. The molecule has 29 heavy (non-hydrogen) atoms. The summed E-state index contributed by atoms with van der Waals surface area (Å²) in [6, 6.07) is 5.25. The number of nitrogens with zero attached hydrogens (tertiary/aromatic N) is 2. The van der Waals surface area contributed by atoms with Gasteiger partial charge in [-0.25, -0.2) is 0 Å². The molecular weight excluding hydrogens is 356 g/mol. The van der Waals surface area contributed by atoms with Gasteiger partial charge in [-0.15, -0.1) is 0 Å². The molecule has 2 aromatic rings. The first-order valence-corrected chi connectivity index (χ1v) is 11.7. The number of hydrogen-bond acceptors (Lipinski definition) is 3. The van der Waals surface area contributed by atoms with Gasteiger partial charge in [0.05, 0.1) is 5.69 Å². The summed E-state index contributed by atoms with van der Waals surface area (Å²) in [5.74, 6) is 0.912. The van der Waals surface area contributed by atoms with E-state index in [0.29, 0.717) is 16.9 Å². The number of fused-ring (bicyclic) bond motifs is 3. The Balaban J connectivity index is 1.27. The number of hydrogen-bond donors (Lipinski definition) is 0. The van der Waals surface area contributed by atoms with E-state index in [2.05, 4.69) is 63.7 Å². The molecule has 0 bridgehead atoms. The van der Waals surface area contributed by atoms with Crippen molar-refractivity contribution >= 4 is 11.0 Å². The van der Waals surface area contributed by atoms with Crippen LogP contribution >= 0.6 is 0 Å². The second-order valence-corrected chi connectivity index (χ2v) is 12.5. The Labute approximate surface area is 176 Å². The summed E-state index contributed by atoms with van der Waals surface area (Å²) in [5.41, 5.74) is 6.18. The van der Waals surface area contributed by atoms with Crippen molar-refractivity contribution in [2.45, 2.75) is 91.5 Å². The second-order valence-electron chi connectivity index (χ2n) is 12.5. The van der Waals surface area contributed by atoms with Gasteiger partial charge >= 0.3 is 0 Å². The van der Waals surface area contributed by atoms with Crippen molar-refractivity contribution in [3.63, 3.8) is 0 Å².